The first-order chi connectivity index (χ1) is 13.7. The lowest BCUT2D eigenvalue weighted by molar-refractivity contribution is -0.142. The average Bonchev–Trinajstić information content (AvgIpc) is 2.67. The first-order valence-corrected chi connectivity index (χ1v) is 10.1. The van der Waals surface area contributed by atoms with Crippen LogP contribution in [-0.4, -0.2) is 41.4 Å². The van der Waals surface area contributed by atoms with Gasteiger partial charge in [0.1, 0.15) is 11.8 Å². The van der Waals surface area contributed by atoms with Crippen molar-refractivity contribution in [3.63, 3.8) is 0 Å². The van der Waals surface area contributed by atoms with Crippen molar-refractivity contribution in [2.75, 3.05) is 13.2 Å². The summed E-state index contributed by atoms with van der Waals surface area (Å²) in [7, 11) is 0. The molecular weight excluding hydrogens is 388 g/mol. The highest BCUT2D eigenvalue weighted by atomic mass is 35.5. The van der Waals surface area contributed by atoms with E-state index < -0.39 is 6.04 Å². The Hall–Kier alpha value is -2.53. The molecule has 0 saturated carbocycles. The number of carbonyl (C=O) groups excluding carboxylic acids is 2. The second-order valence-corrected chi connectivity index (χ2v) is 8.42. The molecule has 5 nitrogen and oxygen atoms in total. The lowest BCUT2D eigenvalue weighted by atomic mass is 10.1. The molecule has 0 saturated heterocycles. The van der Waals surface area contributed by atoms with E-state index in [4.69, 9.17) is 16.3 Å². The second kappa shape index (κ2) is 10.3. The van der Waals surface area contributed by atoms with Crippen LogP contribution in [0.4, 0.5) is 0 Å². The number of nitrogens with one attached hydrogen (secondary N) is 1. The quantitative estimate of drug-likeness (QED) is 0.705. The number of nitrogens with zero attached hydrogens (tertiary/aromatic N) is 1. The van der Waals surface area contributed by atoms with Crippen molar-refractivity contribution in [2.24, 2.45) is 0 Å². The van der Waals surface area contributed by atoms with Crippen molar-refractivity contribution < 1.29 is 14.3 Å². The first kappa shape index (κ1) is 22.8. The molecule has 0 aromatic heterocycles. The monoisotopic (exact) mass is 416 g/mol. The van der Waals surface area contributed by atoms with Gasteiger partial charge in [0.15, 0.2) is 6.61 Å². The van der Waals surface area contributed by atoms with E-state index in [1.807, 2.05) is 51.1 Å². The fourth-order valence-corrected chi connectivity index (χ4v) is 2.93. The third-order valence-corrected chi connectivity index (χ3v) is 4.58. The topological polar surface area (TPSA) is 58.6 Å². The molecule has 0 radical (unpaired) electrons. The standard InChI is InChI=1S/C23H29ClN2O3/c1-17(22(28)25-23(2,3)4)26(15-14-18-8-6-5-7-9-18)21(27)16-29-20-12-10-19(24)11-13-20/h5-13,17H,14-16H2,1-4H3,(H,25,28)/t17-/m0/s1. The fourth-order valence-electron chi connectivity index (χ4n) is 2.80. The van der Waals surface area contributed by atoms with Gasteiger partial charge in [-0.25, -0.2) is 0 Å². The van der Waals surface area contributed by atoms with E-state index in [9.17, 15) is 9.59 Å². The zero-order chi connectivity index (χ0) is 21.4. The normalized spacial score (nSPS) is 12.2. The zero-order valence-corrected chi connectivity index (χ0v) is 18.2. The van der Waals surface area contributed by atoms with Crippen molar-refractivity contribution >= 4 is 23.4 Å². The average molecular weight is 417 g/mol. The van der Waals surface area contributed by atoms with Crippen molar-refractivity contribution in [2.45, 2.75) is 45.7 Å². The Kier molecular flexibility index (Phi) is 8.09. The van der Waals surface area contributed by atoms with E-state index in [-0.39, 0.29) is 24.0 Å². The molecule has 2 amide bonds. The molecule has 0 aliphatic heterocycles. The van der Waals surface area contributed by atoms with Crippen molar-refractivity contribution in [1.29, 1.82) is 0 Å². The number of carbonyl (C=O) groups is 2. The summed E-state index contributed by atoms with van der Waals surface area (Å²) in [6.45, 7) is 7.76. The van der Waals surface area contributed by atoms with E-state index in [0.29, 0.717) is 23.7 Å². The zero-order valence-electron chi connectivity index (χ0n) is 17.4. The summed E-state index contributed by atoms with van der Waals surface area (Å²) in [5, 5.41) is 3.54. The molecule has 0 bridgehead atoms. The number of rotatable bonds is 8. The second-order valence-electron chi connectivity index (χ2n) is 7.98. The third kappa shape index (κ3) is 7.78. The number of halogens is 1. The highest BCUT2D eigenvalue weighted by Crippen LogP contribution is 2.16. The minimum atomic E-state index is -0.612. The molecule has 1 atom stereocenters. The number of hydrogen-bond acceptors (Lipinski definition) is 3. The lowest BCUT2D eigenvalue weighted by Gasteiger charge is -2.31. The summed E-state index contributed by atoms with van der Waals surface area (Å²) in [5.41, 5.74) is 0.728. The van der Waals surface area contributed by atoms with Crippen LogP contribution in [-0.2, 0) is 16.0 Å². The van der Waals surface area contributed by atoms with E-state index in [2.05, 4.69) is 5.32 Å². The van der Waals surface area contributed by atoms with Crippen LogP contribution in [0, 0.1) is 0 Å². The third-order valence-electron chi connectivity index (χ3n) is 4.33. The van der Waals surface area contributed by atoms with Gasteiger partial charge in [0.25, 0.3) is 5.91 Å². The summed E-state index contributed by atoms with van der Waals surface area (Å²) >= 11 is 5.88. The van der Waals surface area contributed by atoms with Crippen LogP contribution in [0.25, 0.3) is 0 Å². The molecule has 29 heavy (non-hydrogen) atoms. The van der Waals surface area contributed by atoms with Gasteiger partial charge in [-0.1, -0.05) is 41.9 Å². The largest absolute Gasteiger partial charge is 0.484 e. The fraction of sp³-hybridized carbons (Fsp3) is 0.391. The summed E-state index contributed by atoms with van der Waals surface area (Å²) in [6, 6.07) is 16.1. The van der Waals surface area contributed by atoms with Crippen LogP contribution >= 0.6 is 11.6 Å². The van der Waals surface area contributed by atoms with Crippen LogP contribution in [0.3, 0.4) is 0 Å². The van der Waals surface area contributed by atoms with Gasteiger partial charge in [0.05, 0.1) is 0 Å². The van der Waals surface area contributed by atoms with E-state index in [0.717, 1.165) is 5.56 Å². The Labute approximate surface area is 178 Å². The van der Waals surface area contributed by atoms with Crippen molar-refractivity contribution in [1.82, 2.24) is 10.2 Å². The number of amides is 2. The molecular formula is C23H29ClN2O3. The van der Waals surface area contributed by atoms with Gasteiger partial charge in [0, 0.05) is 17.1 Å². The molecule has 0 spiro atoms. The summed E-state index contributed by atoms with van der Waals surface area (Å²) in [4.78, 5) is 27.2. The summed E-state index contributed by atoms with van der Waals surface area (Å²) in [5.74, 6) is 0.121. The molecule has 0 fully saturated rings. The van der Waals surface area contributed by atoms with E-state index in [1.165, 1.54) is 0 Å². The van der Waals surface area contributed by atoms with Gasteiger partial charge in [-0.3, -0.25) is 9.59 Å². The molecule has 156 valence electrons. The van der Waals surface area contributed by atoms with Crippen molar-refractivity contribution in [3.05, 3.63) is 65.2 Å². The maximum atomic E-state index is 12.9. The molecule has 2 rings (SSSR count). The molecule has 2 aromatic carbocycles. The summed E-state index contributed by atoms with van der Waals surface area (Å²) < 4.78 is 5.61. The molecule has 6 heteroatoms. The Morgan fingerprint density at radius 1 is 1.07 bits per heavy atom. The first-order valence-electron chi connectivity index (χ1n) is 9.69. The minimum absolute atomic E-state index is 0.149. The van der Waals surface area contributed by atoms with Crippen molar-refractivity contribution in [3.8, 4) is 5.75 Å². The SMILES string of the molecule is C[C@@H](C(=O)NC(C)(C)C)N(CCc1ccccc1)C(=O)COc1ccc(Cl)cc1. The Morgan fingerprint density at radius 2 is 1.69 bits per heavy atom. The van der Waals surface area contributed by atoms with Crippen LogP contribution in [0.15, 0.2) is 54.6 Å². The number of benzene rings is 2. The summed E-state index contributed by atoms with van der Waals surface area (Å²) in [6.07, 6.45) is 0.653. The van der Waals surface area contributed by atoms with Gasteiger partial charge in [0.2, 0.25) is 5.91 Å². The minimum Gasteiger partial charge on any atom is -0.484 e. The molecule has 0 aliphatic rings. The predicted octanol–water partition coefficient (Wildman–Crippen LogP) is 4.09. The maximum absolute atomic E-state index is 12.9. The molecule has 2 aromatic rings. The molecule has 1 N–H and O–H groups in total. The van der Waals surface area contributed by atoms with Gasteiger partial charge in [-0.05, 0) is 63.9 Å². The molecule has 0 aliphatic carbocycles. The number of hydrogen-bond donors (Lipinski definition) is 1. The Balaban J connectivity index is 2.07. The highest BCUT2D eigenvalue weighted by Gasteiger charge is 2.28. The molecule has 0 unspecified atom stereocenters. The maximum Gasteiger partial charge on any atom is 0.261 e. The van der Waals surface area contributed by atoms with Crippen LogP contribution in [0.1, 0.15) is 33.3 Å². The van der Waals surface area contributed by atoms with Gasteiger partial charge in [-0.2, -0.15) is 0 Å². The van der Waals surface area contributed by atoms with Crippen LogP contribution in [0.2, 0.25) is 5.02 Å². The highest BCUT2D eigenvalue weighted by molar-refractivity contribution is 6.30. The van der Waals surface area contributed by atoms with Gasteiger partial charge < -0.3 is 15.0 Å². The van der Waals surface area contributed by atoms with Gasteiger partial charge in [-0.15, -0.1) is 0 Å². The lowest BCUT2D eigenvalue weighted by Crippen LogP contribution is -2.53. The van der Waals surface area contributed by atoms with Gasteiger partial charge >= 0.3 is 0 Å². The van der Waals surface area contributed by atoms with Crippen LogP contribution in [0.5, 0.6) is 5.75 Å². The number of ether oxygens (including phenoxy) is 1. The van der Waals surface area contributed by atoms with E-state index in [1.54, 1.807) is 36.1 Å². The smallest absolute Gasteiger partial charge is 0.261 e. The Morgan fingerprint density at radius 3 is 2.28 bits per heavy atom. The molecule has 0 heterocycles. The van der Waals surface area contributed by atoms with Crippen LogP contribution < -0.4 is 10.1 Å². The van der Waals surface area contributed by atoms with E-state index >= 15 is 0 Å². The predicted molar refractivity (Wildman–Crippen MR) is 116 cm³/mol. The Bertz CT molecular complexity index is 801.